The first-order chi connectivity index (χ1) is 16.6. The predicted octanol–water partition coefficient (Wildman–Crippen LogP) is 5.11. The zero-order valence-electron chi connectivity index (χ0n) is 18.4. The number of benzene rings is 3. The van der Waals surface area contributed by atoms with Gasteiger partial charge in [-0.3, -0.25) is 5.32 Å². The van der Waals surface area contributed by atoms with E-state index in [0.717, 1.165) is 18.2 Å². The third-order valence-electron chi connectivity index (χ3n) is 5.17. The summed E-state index contributed by atoms with van der Waals surface area (Å²) < 4.78 is 60.8. The first kappa shape index (κ1) is 25.3. The molecule has 3 aromatic rings. The number of nitriles is 2. The second-order valence-corrected chi connectivity index (χ2v) is 9.73. The van der Waals surface area contributed by atoms with E-state index < -0.39 is 50.9 Å². The van der Waals surface area contributed by atoms with Crippen LogP contribution < -0.4 is 5.32 Å². The number of amides is 1. The lowest BCUT2D eigenvalue weighted by atomic mass is 10.0. The van der Waals surface area contributed by atoms with Crippen LogP contribution in [0.25, 0.3) is 0 Å². The molecule has 7 nitrogen and oxygen atoms in total. The fraction of sp³-hybridized carbons (Fsp3) is 0.160. The van der Waals surface area contributed by atoms with Crippen molar-refractivity contribution in [3.8, 4) is 12.1 Å². The number of hydrogen-bond donors (Lipinski definition) is 1. The Balaban J connectivity index is 1.86. The molecule has 0 spiro atoms. The first-order valence-corrected chi connectivity index (χ1v) is 11.8. The molecule has 0 heterocycles. The van der Waals surface area contributed by atoms with Crippen LogP contribution >= 0.6 is 0 Å². The monoisotopic (exact) mass is 495 g/mol. The Bertz CT molecular complexity index is 1410. The van der Waals surface area contributed by atoms with Gasteiger partial charge in [0.15, 0.2) is 9.84 Å². The molecule has 178 valence electrons. The highest BCUT2D eigenvalue weighted by Gasteiger charge is 2.37. The van der Waals surface area contributed by atoms with Gasteiger partial charge in [0, 0.05) is 17.2 Å². The molecular formula is C25H19F2N3O4S. The fourth-order valence-corrected chi connectivity index (χ4v) is 5.47. The number of rotatable bonds is 7. The lowest BCUT2D eigenvalue weighted by Crippen LogP contribution is -2.27. The zero-order valence-corrected chi connectivity index (χ0v) is 19.2. The first-order valence-electron chi connectivity index (χ1n) is 10.3. The SMILES string of the molecule is CC(COC(=O)Nc1ccc(C#N)cc1)C(c1cc(F)ccc1F)S(=O)(=O)c1ccc(C#N)cc1. The summed E-state index contributed by atoms with van der Waals surface area (Å²) in [6, 6.07) is 17.3. The van der Waals surface area contributed by atoms with Crippen LogP contribution in [0.15, 0.2) is 71.6 Å². The smallest absolute Gasteiger partial charge is 0.411 e. The van der Waals surface area contributed by atoms with Crippen molar-refractivity contribution < 1.29 is 26.7 Å². The topological polar surface area (TPSA) is 120 Å². The summed E-state index contributed by atoms with van der Waals surface area (Å²) >= 11 is 0. The van der Waals surface area contributed by atoms with Crippen LogP contribution in [-0.2, 0) is 14.6 Å². The van der Waals surface area contributed by atoms with Crippen LogP contribution in [-0.4, -0.2) is 21.1 Å². The minimum Gasteiger partial charge on any atom is -0.449 e. The van der Waals surface area contributed by atoms with E-state index >= 15 is 0 Å². The summed E-state index contributed by atoms with van der Waals surface area (Å²) in [6.07, 6.45) is -0.893. The summed E-state index contributed by atoms with van der Waals surface area (Å²) in [6.45, 7) is 1.00. The zero-order chi connectivity index (χ0) is 25.6. The highest BCUT2D eigenvalue weighted by molar-refractivity contribution is 7.91. The van der Waals surface area contributed by atoms with Gasteiger partial charge in [0.05, 0.1) is 40.0 Å². The van der Waals surface area contributed by atoms with E-state index in [1.165, 1.54) is 55.5 Å². The van der Waals surface area contributed by atoms with Crippen molar-refractivity contribution in [1.29, 1.82) is 10.5 Å². The Hall–Kier alpha value is -4.28. The van der Waals surface area contributed by atoms with Crippen LogP contribution in [0.1, 0.15) is 28.9 Å². The maximum absolute atomic E-state index is 14.7. The van der Waals surface area contributed by atoms with E-state index in [0.29, 0.717) is 11.3 Å². The molecule has 0 radical (unpaired) electrons. The van der Waals surface area contributed by atoms with Crippen molar-refractivity contribution >= 4 is 21.6 Å². The van der Waals surface area contributed by atoms with Crippen molar-refractivity contribution in [1.82, 2.24) is 0 Å². The lowest BCUT2D eigenvalue weighted by molar-refractivity contribution is 0.142. The number of ether oxygens (including phenoxy) is 1. The number of halogens is 2. The Morgan fingerprint density at radius 1 is 0.971 bits per heavy atom. The van der Waals surface area contributed by atoms with Gasteiger partial charge in [0.25, 0.3) is 0 Å². The molecule has 3 aromatic carbocycles. The minimum absolute atomic E-state index is 0.195. The Morgan fingerprint density at radius 2 is 1.54 bits per heavy atom. The third kappa shape index (κ3) is 5.99. The Kier molecular flexibility index (Phi) is 7.80. The average Bonchev–Trinajstić information content (AvgIpc) is 2.85. The highest BCUT2D eigenvalue weighted by Crippen LogP contribution is 2.37. The van der Waals surface area contributed by atoms with Gasteiger partial charge in [0.1, 0.15) is 11.6 Å². The molecule has 0 saturated carbocycles. The normalized spacial score (nSPS) is 12.6. The molecule has 1 N–H and O–H groups in total. The number of carbonyl (C=O) groups excluding carboxylic acids is 1. The van der Waals surface area contributed by atoms with Crippen LogP contribution in [0, 0.1) is 40.2 Å². The molecule has 2 atom stereocenters. The van der Waals surface area contributed by atoms with Crippen LogP contribution in [0.5, 0.6) is 0 Å². The third-order valence-corrected chi connectivity index (χ3v) is 7.48. The van der Waals surface area contributed by atoms with Gasteiger partial charge in [-0.15, -0.1) is 0 Å². The van der Waals surface area contributed by atoms with Crippen molar-refractivity contribution in [2.75, 3.05) is 11.9 Å². The number of hydrogen-bond acceptors (Lipinski definition) is 6. The molecule has 35 heavy (non-hydrogen) atoms. The van der Waals surface area contributed by atoms with Gasteiger partial charge < -0.3 is 4.74 Å². The van der Waals surface area contributed by atoms with Crippen molar-refractivity contribution in [2.45, 2.75) is 17.1 Å². The highest BCUT2D eigenvalue weighted by atomic mass is 32.2. The second-order valence-electron chi connectivity index (χ2n) is 7.66. The van der Waals surface area contributed by atoms with Gasteiger partial charge in [-0.05, 0) is 66.7 Å². The largest absolute Gasteiger partial charge is 0.449 e. The van der Waals surface area contributed by atoms with Gasteiger partial charge >= 0.3 is 6.09 Å². The molecule has 0 fully saturated rings. The van der Waals surface area contributed by atoms with Gasteiger partial charge in [-0.2, -0.15) is 10.5 Å². The molecule has 3 rings (SSSR count). The van der Waals surface area contributed by atoms with E-state index in [-0.39, 0.29) is 10.5 Å². The molecule has 0 bridgehead atoms. The number of carbonyl (C=O) groups is 1. The van der Waals surface area contributed by atoms with Gasteiger partial charge in [-0.25, -0.2) is 22.0 Å². The molecular weight excluding hydrogens is 476 g/mol. The molecule has 2 unspecified atom stereocenters. The van der Waals surface area contributed by atoms with E-state index in [1.807, 2.05) is 12.1 Å². The maximum Gasteiger partial charge on any atom is 0.411 e. The number of anilines is 1. The molecule has 0 aliphatic heterocycles. The standard InChI is InChI=1S/C25H19F2N3O4S/c1-16(15-34-25(31)30-20-7-2-17(13-28)3-8-20)24(22-12-19(26)6-11-23(22)27)35(32,33)21-9-4-18(14-29)5-10-21/h2-12,16,24H,15H2,1H3,(H,30,31). The summed E-state index contributed by atoms with van der Waals surface area (Å²) in [7, 11) is -4.29. The maximum atomic E-state index is 14.7. The van der Waals surface area contributed by atoms with Crippen molar-refractivity contribution in [3.63, 3.8) is 0 Å². The number of nitrogens with one attached hydrogen (secondary N) is 1. The lowest BCUT2D eigenvalue weighted by Gasteiger charge is -2.25. The fourth-order valence-electron chi connectivity index (χ4n) is 3.45. The number of nitrogens with zero attached hydrogens (tertiary/aromatic N) is 2. The van der Waals surface area contributed by atoms with E-state index in [2.05, 4.69) is 5.32 Å². The van der Waals surface area contributed by atoms with E-state index in [1.54, 1.807) is 0 Å². The summed E-state index contributed by atoms with van der Waals surface area (Å²) in [5.74, 6) is -2.74. The average molecular weight is 496 g/mol. The molecule has 0 saturated heterocycles. The molecule has 0 aromatic heterocycles. The predicted molar refractivity (Wildman–Crippen MR) is 123 cm³/mol. The van der Waals surface area contributed by atoms with Crippen molar-refractivity contribution in [3.05, 3.63) is 95.1 Å². The molecule has 0 aliphatic rings. The van der Waals surface area contributed by atoms with E-state index in [4.69, 9.17) is 15.3 Å². The Labute approximate surface area is 201 Å². The van der Waals surface area contributed by atoms with E-state index in [9.17, 15) is 22.0 Å². The Morgan fingerprint density at radius 3 is 2.11 bits per heavy atom. The second kappa shape index (κ2) is 10.8. The number of sulfone groups is 1. The van der Waals surface area contributed by atoms with Crippen LogP contribution in [0.3, 0.4) is 0 Å². The molecule has 10 heteroatoms. The molecule has 1 amide bonds. The summed E-state index contributed by atoms with van der Waals surface area (Å²) in [5.41, 5.74) is 0.566. The molecule has 0 aliphatic carbocycles. The van der Waals surface area contributed by atoms with Gasteiger partial charge in [-0.1, -0.05) is 6.92 Å². The summed E-state index contributed by atoms with van der Waals surface area (Å²) in [5, 5.41) is 18.7. The quantitative estimate of drug-likeness (QED) is 0.486. The van der Waals surface area contributed by atoms with Gasteiger partial charge in [0.2, 0.25) is 0 Å². The summed E-state index contributed by atoms with van der Waals surface area (Å²) in [4.78, 5) is 12.0. The minimum atomic E-state index is -4.29. The van der Waals surface area contributed by atoms with Crippen LogP contribution in [0.4, 0.5) is 19.3 Å². The van der Waals surface area contributed by atoms with Crippen molar-refractivity contribution in [2.24, 2.45) is 5.92 Å². The van der Waals surface area contributed by atoms with Crippen LogP contribution in [0.2, 0.25) is 0 Å².